The molecule has 0 saturated heterocycles. The van der Waals surface area contributed by atoms with E-state index >= 15 is 0 Å². The average Bonchev–Trinajstić information content (AvgIpc) is 2.43. The van der Waals surface area contributed by atoms with Crippen LogP contribution >= 0.6 is 0 Å². The summed E-state index contributed by atoms with van der Waals surface area (Å²) in [5, 5.41) is 2.26. The number of aliphatic imine (C=N–C) groups is 2. The fourth-order valence-electron chi connectivity index (χ4n) is 12.4. The monoisotopic (exact) mass is 1070 g/mol. The van der Waals surface area contributed by atoms with Crippen molar-refractivity contribution in [3.63, 3.8) is 0 Å². The smallest absolute Gasteiger partial charge is 0.161 e. The summed E-state index contributed by atoms with van der Waals surface area (Å²) in [6.07, 6.45) is 5.03. The predicted molar refractivity (Wildman–Crippen MR) is 347 cm³/mol. The lowest BCUT2D eigenvalue weighted by atomic mass is 9.83. The number of hydrogen-bond acceptors (Lipinski definition) is 3. The Morgan fingerprint density at radius 1 is 0.470 bits per heavy atom. The van der Waals surface area contributed by atoms with Gasteiger partial charge in [0.1, 0.15) is 0 Å². The average molecular weight is 1070 g/mol. The molecule has 396 valence electrons. The molecule has 0 fully saturated rings. The van der Waals surface area contributed by atoms with Crippen molar-refractivity contribution in [2.24, 2.45) is 9.98 Å². The second-order valence-corrected chi connectivity index (χ2v) is 21.8. The number of allylic oxidation sites excluding steroid dienone is 4. The first-order valence-corrected chi connectivity index (χ1v) is 28.6. The van der Waals surface area contributed by atoms with Crippen molar-refractivity contribution in [1.82, 2.24) is 14.5 Å². The van der Waals surface area contributed by atoms with Gasteiger partial charge in [-0.1, -0.05) is 207 Å². The quantitative estimate of drug-likeness (QED) is 0.0957. The van der Waals surface area contributed by atoms with Gasteiger partial charge in [0, 0.05) is 44.4 Å². The zero-order valence-corrected chi connectivity index (χ0v) is 46.8. The highest BCUT2D eigenvalue weighted by molar-refractivity contribution is 6.16. The number of nitrogens with zero attached hydrogens (tertiary/aromatic N) is 5. The molecule has 0 aliphatic heterocycles. The van der Waals surface area contributed by atoms with E-state index in [0.29, 0.717) is 11.7 Å². The van der Waals surface area contributed by atoms with E-state index in [1.807, 2.05) is 55.5 Å². The lowest BCUT2D eigenvalue weighted by Crippen LogP contribution is -2.07. The topological polar surface area (TPSA) is 55.4 Å². The van der Waals surface area contributed by atoms with Crippen LogP contribution < -0.4 is 0 Å². The van der Waals surface area contributed by atoms with E-state index in [4.69, 9.17) is 20.0 Å². The first-order valence-electron chi connectivity index (χ1n) is 28.6. The van der Waals surface area contributed by atoms with Gasteiger partial charge in [-0.25, -0.2) is 20.0 Å². The van der Waals surface area contributed by atoms with Crippen LogP contribution in [0.1, 0.15) is 60.1 Å². The molecule has 0 bridgehead atoms. The van der Waals surface area contributed by atoms with Gasteiger partial charge in [0.25, 0.3) is 0 Å². The Labute approximate surface area is 485 Å². The first-order chi connectivity index (χ1) is 40.8. The normalized spacial score (nSPS) is 13.3. The largest absolute Gasteiger partial charge is 0.309 e. The van der Waals surface area contributed by atoms with Crippen LogP contribution in [0.25, 0.3) is 100 Å². The molecule has 0 unspecified atom stereocenters. The molecule has 0 radical (unpaired) electrons. The van der Waals surface area contributed by atoms with E-state index < -0.39 is 0 Å². The van der Waals surface area contributed by atoms with Crippen LogP contribution in [-0.2, 0) is 6.42 Å². The zero-order chi connectivity index (χ0) is 56.0. The molecule has 14 rings (SSSR count). The number of benzene rings is 10. The molecular weight excluding hydrogens is 1010 g/mol. The van der Waals surface area contributed by atoms with Crippen molar-refractivity contribution in [2.75, 3.05) is 0 Å². The Bertz CT molecular complexity index is 4580. The van der Waals surface area contributed by atoms with Gasteiger partial charge in [-0.3, -0.25) is 0 Å². The second-order valence-electron chi connectivity index (χ2n) is 21.8. The molecule has 5 heteroatoms. The first kappa shape index (κ1) is 50.8. The highest BCUT2D eigenvalue weighted by Gasteiger charge is 2.25. The van der Waals surface area contributed by atoms with Crippen LogP contribution in [0.4, 0.5) is 0 Å². The number of hydrogen-bond donors (Lipinski definition) is 0. The Kier molecular flexibility index (Phi) is 13.2. The number of aryl methyl sites for hydroxylation is 1. The standard InChI is InChI=1S/C78H59N5/c1-50-36-37-58(45-67(50)75-51(2)22-20-33-65(75)53(4)80-77(57-29-16-8-17-30-57)79-52(3)54-23-10-5-11-24-54)59-38-40-62-44-63-41-39-60(47-69(63)68(62)46-59)61-42-43-73-70(48-61)76-66(34-21-35-74(76)83(73)64-31-18-9-19-32-64)78-81-71(55-25-12-6-13-26-55)49-72(82-78)56-27-14-7-15-28-56/h5-19,21-32,34-43,45-49H,4,20,33,44H2,1-3H3/b79-52+,80-77-. The van der Waals surface area contributed by atoms with Gasteiger partial charge in [0.2, 0.25) is 0 Å². The van der Waals surface area contributed by atoms with Gasteiger partial charge in [0.15, 0.2) is 11.7 Å². The van der Waals surface area contributed by atoms with Gasteiger partial charge < -0.3 is 4.57 Å². The molecule has 0 spiro atoms. The van der Waals surface area contributed by atoms with E-state index in [1.54, 1.807) is 0 Å². The fourth-order valence-corrected chi connectivity index (χ4v) is 12.4. The Hall–Kier alpha value is -10.4. The molecule has 5 nitrogen and oxygen atoms in total. The zero-order valence-electron chi connectivity index (χ0n) is 46.8. The molecule has 0 saturated carbocycles. The molecule has 2 aliphatic rings. The number of fused-ring (bicyclic) bond motifs is 6. The lowest BCUT2D eigenvalue weighted by molar-refractivity contribution is 0.954. The second kappa shape index (κ2) is 21.6. The van der Waals surface area contributed by atoms with Crippen LogP contribution in [0.2, 0.25) is 0 Å². The summed E-state index contributed by atoms with van der Waals surface area (Å²) >= 11 is 0. The van der Waals surface area contributed by atoms with Crippen molar-refractivity contribution in [3.05, 3.63) is 312 Å². The summed E-state index contributed by atoms with van der Waals surface area (Å²) < 4.78 is 2.38. The third-order valence-corrected chi connectivity index (χ3v) is 16.6. The van der Waals surface area contributed by atoms with Gasteiger partial charge in [-0.05, 0) is 173 Å². The molecule has 0 atom stereocenters. The highest BCUT2D eigenvalue weighted by atomic mass is 15.0. The number of amidine groups is 1. The van der Waals surface area contributed by atoms with Crippen LogP contribution in [0.3, 0.4) is 0 Å². The Morgan fingerprint density at radius 2 is 1.01 bits per heavy atom. The molecular formula is C78H59N5. The van der Waals surface area contributed by atoms with Crippen LogP contribution in [0.5, 0.6) is 0 Å². The molecule has 2 aromatic heterocycles. The maximum atomic E-state index is 5.35. The van der Waals surface area contributed by atoms with E-state index in [-0.39, 0.29) is 0 Å². The SMILES string of the molecule is C=C(/N=C(\N=C(/C)c1ccccc1)c1ccccc1)C1=C(c2cc(-c3ccc4c(c3)-c3cc(-c5ccc6c(c5)c5c(-c7nc(-c8ccccc8)cc(-c8ccccc8)n7)cccc5n6-c5ccccc5)ccc3C4)ccc2C)C(C)=CCC1. The van der Waals surface area contributed by atoms with Crippen molar-refractivity contribution >= 4 is 38.9 Å². The summed E-state index contributed by atoms with van der Waals surface area (Å²) in [5.41, 5.74) is 27.8. The van der Waals surface area contributed by atoms with E-state index in [2.05, 4.69) is 231 Å². The molecule has 0 N–H and O–H groups in total. The minimum Gasteiger partial charge on any atom is -0.309 e. The maximum Gasteiger partial charge on any atom is 0.161 e. The summed E-state index contributed by atoms with van der Waals surface area (Å²) in [7, 11) is 0. The van der Waals surface area contributed by atoms with Gasteiger partial charge >= 0.3 is 0 Å². The molecule has 2 heterocycles. The van der Waals surface area contributed by atoms with Crippen molar-refractivity contribution in [1.29, 1.82) is 0 Å². The van der Waals surface area contributed by atoms with Crippen molar-refractivity contribution < 1.29 is 0 Å². The third-order valence-electron chi connectivity index (χ3n) is 16.6. The van der Waals surface area contributed by atoms with Gasteiger partial charge in [-0.15, -0.1) is 0 Å². The van der Waals surface area contributed by atoms with Gasteiger partial charge in [0.05, 0.1) is 28.1 Å². The molecule has 0 amide bonds. The highest BCUT2D eigenvalue weighted by Crippen LogP contribution is 2.45. The van der Waals surface area contributed by atoms with Gasteiger partial charge in [-0.2, -0.15) is 0 Å². The Morgan fingerprint density at radius 3 is 1.64 bits per heavy atom. The van der Waals surface area contributed by atoms with Crippen molar-refractivity contribution in [2.45, 2.75) is 40.0 Å². The molecule has 2 aliphatic carbocycles. The summed E-state index contributed by atoms with van der Waals surface area (Å²) in [5.74, 6) is 1.34. The third kappa shape index (κ3) is 9.66. The molecule has 12 aromatic rings. The fraction of sp³-hybridized carbons (Fsp3) is 0.0769. The maximum absolute atomic E-state index is 5.35. The summed E-state index contributed by atoms with van der Waals surface area (Å²) in [6.45, 7) is 11.2. The van der Waals surface area contributed by atoms with E-state index in [9.17, 15) is 0 Å². The number of para-hydroxylation sites is 1. The molecule has 10 aromatic carbocycles. The Balaban J connectivity index is 0.851. The number of rotatable bonds is 11. The van der Waals surface area contributed by atoms with E-state index in [0.717, 1.165) is 109 Å². The molecule has 83 heavy (non-hydrogen) atoms. The minimum atomic E-state index is 0.655. The minimum absolute atomic E-state index is 0.655. The van der Waals surface area contributed by atoms with Crippen LogP contribution in [0, 0.1) is 6.92 Å². The van der Waals surface area contributed by atoms with Crippen molar-refractivity contribution in [3.8, 4) is 73.0 Å². The number of aromatic nitrogens is 3. The van der Waals surface area contributed by atoms with Crippen LogP contribution in [-0.4, -0.2) is 26.1 Å². The lowest BCUT2D eigenvalue weighted by Gasteiger charge is -2.23. The summed E-state index contributed by atoms with van der Waals surface area (Å²) in [4.78, 5) is 21.1. The van der Waals surface area contributed by atoms with Crippen LogP contribution in [0.15, 0.2) is 288 Å². The van der Waals surface area contributed by atoms with E-state index in [1.165, 1.54) is 61.2 Å². The predicted octanol–water partition coefficient (Wildman–Crippen LogP) is 19.8. The summed E-state index contributed by atoms with van der Waals surface area (Å²) in [6, 6.07) is 88.7.